The highest BCUT2D eigenvalue weighted by molar-refractivity contribution is 5.99. The van der Waals surface area contributed by atoms with Crippen molar-refractivity contribution in [2.24, 2.45) is 39.4 Å². The van der Waals surface area contributed by atoms with Crippen LogP contribution in [0.5, 0.6) is 0 Å². The first-order valence-electron chi connectivity index (χ1n) is 14.4. The van der Waals surface area contributed by atoms with E-state index in [0.29, 0.717) is 25.2 Å². The van der Waals surface area contributed by atoms with Crippen LogP contribution >= 0.6 is 0 Å². The SMILES string of the molecule is CC(=O)OC1CCC2(C)C3=CCC45C(=O)OC(C)(CCC=C(C)C)C4C(=O)CC5(C)C3CCC2C1(C)C. The zero-order chi connectivity index (χ0) is 27.2. The molecule has 8 unspecified atom stereocenters. The van der Waals surface area contributed by atoms with Crippen molar-refractivity contribution in [2.75, 3.05) is 0 Å². The van der Waals surface area contributed by atoms with Crippen molar-refractivity contribution < 1.29 is 23.9 Å². The quantitative estimate of drug-likeness (QED) is 0.309. The molecule has 1 heterocycles. The van der Waals surface area contributed by atoms with Gasteiger partial charge in [0, 0.05) is 18.8 Å². The molecule has 204 valence electrons. The van der Waals surface area contributed by atoms with Crippen LogP contribution in [0.1, 0.15) is 107 Å². The number of rotatable bonds is 4. The first-order chi connectivity index (χ1) is 17.1. The predicted molar refractivity (Wildman–Crippen MR) is 142 cm³/mol. The Kier molecular flexibility index (Phi) is 5.98. The molecule has 3 saturated carbocycles. The molecule has 4 aliphatic carbocycles. The van der Waals surface area contributed by atoms with Crippen LogP contribution in [-0.2, 0) is 23.9 Å². The molecule has 5 aliphatic rings. The fourth-order valence-electron chi connectivity index (χ4n) is 10.2. The van der Waals surface area contributed by atoms with E-state index in [1.54, 1.807) is 0 Å². The van der Waals surface area contributed by atoms with Gasteiger partial charge in [-0.15, -0.1) is 0 Å². The van der Waals surface area contributed by atoms with E-state index >= 15 is 0 Å². The molecule has 5 heteroatoms. The van der Waals surface area contributed by atoms with Crippen molar-refractivity contribution in [3.63, 3.8) is 0 Å². The Morgan fingerprint density at radius 1 is 1.08 bits per heavy atom. The number of hydrogen-bond acceptors (Lipinski definition) is 5. The number of ether oxygens (including phenoxy) is 2. The van der Waals surface area contributed by atoms with E-state index in [1.165, 1.54) is 18.1 Å². The molecule has 1 saturated heterocycles. The second-order valence-corrected chi connectivity index (χ2v) is 14.4. The molecule has 0 aromatic heterocycles. The normalized spacial score (nSPS) is 45.6. The van der Waals surface area contributed by atoms with E-state index in [-0.39, 0.29) is 46.5 Å². The summed E-state index contributed by atoms with van der Waals surface area (Å²) in [5.41, 5.74) is 0.612. The summed E-state index contributed by atoms with van der Waals surface area (Å²) < 4.78 is 12.0. The van der Waals surface area contributed by atoms with Gasteiger partial charge in [-0.1, -0.05) is 51.0 Å². The molecule has 0 aromatic carbocycles. The van der Waals surface area contributed by atoms with Crippen molar-refractivity contribution in [3.8, 4) is 0 Å². The summed E-state index contributed by atoms with van der Waals surface area (Å²) in [6.07, 6.45) is 10.8. The second-order valence-electron chi connectivity index (χ2n) is 14.4. The summed E-state index contributed by atoms with van der Waals surface area (Å²) in [5, 5.41) is 0. The van der Waals surface area contributed by atoms with Gasteiger partial charge in [-0.05, 0) is 88.4 Å². The number of hydrogen-bond donors (Lipinski definition) is 0. The van der Waals surface area contributed by atoms with Gasteiger partial charge >= 0.3 is 11.9 Å². The Hall–Kier alpha value is -1.91. The highest BCUT2D eigenvalue weighted by Gasteiger charge is 2.78. The van der Waals surface area contributed by atoms with Gasteiger partial charge in [-0.3, -0.25) is 14.4 Å². The molecule has 1 aliphatic heterocycles. The average Bonchev–Trinajstić information content (AvgIpc) is 3.16. The Morgan fingerprint density at radius 3 is 2.43 bits per heavy atom. The Morgan fingerprint density at radius 2 is 1.78 bits per heavy atom. The van der Waals surface area contributed by atoms with E-state index in [1.807, 2.05) is 6.92 Å². The molecule has 0 radical (unpaired) electrons. The van der Waals surface area contributed by atoms with Crippen molar-refractivity contribution >= 4 is 17.7 Å². The predicted octanol–water partition coefficient (Wildman–Crippen LogP) is 6.74. The summed E-state index contributed by atoms with van der Waals surface area (Å²) >= 11 is 0. The zero-order valence-electron chi connectivity index (χ0n) is 24.2. The molecule has 4 fully saturated rings. The van der Waals surface area contributed by atoms with Gasteiger partial charge in [0.1, 0.15) is 17.5 Å². The van der Waals surface area contributed by atoms with E-state index in [9.17, 15) is 14.4 Å². The van der Waals surface area contributed by atoms with Gasteiger partial charge in [0.05, 0.1) is 11.3 Å². The van der Waals surface area contributed by atoms with E-state index in [2.05, 4.69) is 53.7 Å². The van der Waals surface area contributed by atoms with Crippen LogP contribution in [0.4, 0.5) is 0 Å². The van der Waals surface area contributed by atoms with Crippen molar-refractivity contribution in [1.29, 1.82) is 0 Å². The molecule has 1 spiro atoms. The minimum atomic E-state index is -0.758. The fraction of sp³-hybridized carbons (Fsp3) is 0.781. The van der Waals surface area contributed by atoms with Crippen LogP contribution in [0.15, 0.2) is 23.3 Å². The molecule has 0 N–H and O–H groups in total. The standard InChI is InChI=1S/C32H46O5/c1-19(2)10-9-15-31(8)26-23(34)18-30(7)22-11-12-24-28(4,5)25(36-20(3)33)14-16-29(24,6)21(22)13-17-32(26,30)27(35)37-31/h10,13,22,24-26H,9,11-12,14-18H2,1-8H3. The summed E-state index contributed by atoms with van der Waals surface area (Å²) in [6, 6.07) is 0. The minimum absolute atomic E-state index is 0.0237. The monoisotopic (exact) mass is 510 g/mol. The third kappa shape index (κ3) is 3.44. The number of Topliss-reactive ketones (excluding diaryl/α,β-unsaturated/α-hetero) is 1. The maximum absolute atomic E-state index is 13.9. The van der Waals surface area contributed by atoms with Crippen LogP contribution in [-0.4, -0.2) is 29.4 Å². The van der Waals surface area contributed by atoms with Gasteiger partial charge in [0.2, 0.25) is 0 Å². The summed E-state index contributed by atoms with van der Waals surface area (Å²) in [6.45, 7) is 16.8. The number of allylic oxidation sites excluding steroid dienone is 4. The topological polar surface area (TPSA) is 69.7 Å². The lowest BCUT2D eigenvalue weighted by molar-refractivity contribution is -0.172. The lowest BCUT2D eigenvalue weighted by atomic mass is 9.41. The van der Waals surface area contributed by atoms with E-state index in [4.69, 9.17) is 9.47 Å². The van der Waals surface area contributed by atoms with Gasteiger partial charge in [-0.25, -0.2) is 0 Å². The van der Waals surface area contributed by atoms with E-state index in [0.717, 1.165) is 32.1 Å². The van der Waals surface area contributed by atoms with Crippen molar-refractivity contribution in [1.82, 2.24) is 0 Å². The number of carbonyl (C=O) groups excluding carboxylic acids is 3. The van der Waals surface area contributed by atoms with Crippen molar-refractivity contribution in [2.45, 2.75) is 118 Å². The number of esters is 2. The van der Waals surface area contributed by atoms with Crippen LogP contribution in [0, 0.1) is 39.4 Å². The molecular weight excluding hydrogens is 464 g/mol. The zero-order valence-corrected chi connectivity index (χ0v) is 24.2. The molecule has 5 nitrogen and oxygen atoms in total. The molecule has 8 atom stereocenters. The first-order valence-corrected chi connectivity index (χ1v) is 14.4. The average molecular weight is 511 g/mol. The summed E-state index contributed by atoms with van der Waals surface area (Å²) in [4.78, 5) is 39.6. The number of fused-ring (bicyclic) bond motifs is 4. The smallest absolute Gasteiger partial charge is 0.314 e. The first kappa shape index (κ1) is 26.7. The van der Waals surface area contributed by atoms with Gasteiger partial charge in [-0.2, -0.15) is 0 Å². The Labute approximate surface area is 222 Å². The van der Waals surface area contributed by atoms with Gasteiger partial charge in [0.15, 0.2) is 0 Å². The van der Waals surface area contributed by atoms with Crippen LogP contribution in [0.2, 0.25) is 0 Å². The maximum atomic E-state index is 13.9. The Bertz CT molecular complexity index is 1090. The molecule has 5 rings (SSSR count). The largest absolute Gasteiger partial charge is 0.462 e. The van der Waals surface area contributed by atoms with Crippen LogP contribution in [0.25, 0.3) is 0 Å². The lowest BCUT2D eigenvalue weighted by Gasteiger charge is -2.63. The summed E-state index contributed by atoms with van der Waals surface area (Å²) in [5.74, 6) is 0.0780. The van der Waals surface area contributed by atoms with E-state index < -0.39 is 16.4 Å². The summed E-state index contributed by atoms with van der Waals surface area (Å²) in [7, 11) is 0. The number of ketones is 1. The molecular formula is C32H46O5. The van der Waals surface area contributed by atoms with Gasteiger partial charge < -0.3 is 9.47 Å². The minimum Gasteiger partial charge on any atom is -0.462 e. The third-order valence-corrected chi connectivity index (χ3v) is 11.8. The van der Waals surface area contributed by atoms with Crippen LogP contribution < -0.4 is 0 Å². The molecule has 0 aromatic rings. The Balaban J connectivity index is 1.52. The molecule has 0 bridgehead atoms. The fourth-order valence-corrected chi connectivity index (χ4v) is 10.2. The lowest BCUT2D eigenvalue weighted by Crippen LogP contribution is -2.59. The number of carbonyl (C=O) groups is 3. The second kappa shape index (κ2) is 8.29. The molecule has 37 heavy (non-hydrogen) atoms. The van der Waals surface area contributed by atoms with Crippen molar-refractivity contribution in [3.05, 3.63) is 23.3 Å². The number of cyclic esters (lactones) is 1. The highest BCUT2D eigenvalue weighted by atomic mass is 16.6. The van der Waals surface area contributed by atoms with Gasteiger partial charge in [0.25, 0.3) is 0 Å². The highest BCUT2D eigenvalue weighted by Crippen LogP contribution is 2.75. The molecule has 0 amide bonds. The third-order valence-electron chi connectivity index (χ3n) is 11.8. The maximum Gasteiger partial charge on any atom is 0.314 e. The van der Waals surface area contributed by atoms with Crippen LogP contribution in [0.3, 0.4) is 0 Å².